The fraction of sp³-hybridized carbons (Fsp3) is 0.333. The SMILES string of the molecule is [NH3+]CCCNc1ccc([N+](=O)[O-])cc1. The lowest BCUT2D eigenvalue weighted by Gasteiger charge is -2.03. The maximum absolute atomic E-state index is 10.3. The van der Waals surface area contributed by atoms with Crippen LogP contribution in [0.1, 0.15) is 6.42 Å². The van der Waals surface area contributed by atoms with Crippen LogP contribution in [0.2, 0.25) is 0 Å². The number of nitro groups is 1. The molecule has 1 aromatic carbocycles. The first-order valence-corrected chi connectivity index (χ1v) is 4.51. The molecule has 14 heavy (non-hydrogen) atoms. The van der Waals surface area contributed by atoms with E-state index >= 15 is 0 Å². The highest BCUT2D eigenvalue weighted by Gasteiger charge is 2.02. The van der Waals surface area contributed by atoms with Crippen molar-refractivity contribution in [3.8, 4) is 0 Å². The molecule has 0 aliphatic rings. The van der Waals surface area contributed by atoms with Gasteiger partial charge in [-0.3, -0.25) is 10.1 Å². The Balaban J connectivity index is 2.51. The van der Waals surface area contributed by atoms with Gasteiger partial charge in [0, 0.05) is 30.8 Å². The number of anilines is 1. The van der Waals surface area contributed by atoms with Gasteiger partial charge in [-0.1, -0.05) is 0 Å². The van der Waals surface area contributed by atoms with E-state index in [9.17, 15) is 10.1 Å². The molecule has 0 fully saturated rings. The first-order valence-electron chi connectivity index (χ1n) is 4.51. The average Bonchev–Trinajstić information content (AvgIpc) is 2.19. The first kappa shape index (κ1) is 10.5. The second-order valence-electron chi connectivity index (χ2n) is 2.94. The summed E-state index contributed by atoms with van der Waals surface area (Å²) >= 11 is 0. The van der Waals surface area contributed by atoms with Gasteiger partial charge in [0.1, 0.15) is 0 Å². The normalized spacial score (nSPS) is 9.79. The molecular weight excluding hydrogens is 182 g/mol. The number of benzene rings is 1. The lowest BCUT2D eigenvalue weighted by atomic mass is 10.3. The number of nitrogens with one attached hydrogen (secondary N) is 1. The molecule has 1 aromatic rings. The van der Waals surface area contributed by atoms with Crippen molar-refractivity contribution in [2.45, 2.75) is 6.42 Å². The lowest BCUT2D eigenvalue weighted by Crippen LogP contribution is -2.50. The van der Waals surface area contributed by atoms with Crippen LogP contribution in [0.5, 0.6) is 0 Å². The molecule has 0 saturated heterocycles. The molecule has 1 rings (SSSR count). The number of nitro benzene ring substituents is 1. The zero-order valence-electron chi connectivity index (χ0n) is 7.90. The maximum Gasteiger partial charge on any atom is 0.269 e. The Hall–Kier alpha value is -1.62. The third-order valence-electron chi connectivity index (χ3n) is 1.83. The minimum absolute atomic E-state index is 0.118. The maximum atomic E-state index is 10.3. The van der Waals surface area contributed by atoms with Gasteiger partial charge >= 0.3 is 0 Å². The van der Waals surface area contributed by atoms with Crippen molar-refractivity contribution in [2.24, 2.45) is 0 Å². The van der Waals surface area contributed by atoms with Gasteiger partial charge in [0.05, 0.1) is 11.5 Å². The number of hydrogen-bond donors (Lipinski definition) is 2. The molecular formula is C9H14N3O2+. The van der Waals surface area contributed by atoms with Gasteiger partial charge in [-0.2, -0.15) is 0 Å². The minimum Gasteiger partial charge on any atom is -0.385 e. The van der Waals surface area contributed by atoms with E-state index < -0.39 is 4.92 Å². The van der Waals surface area contributed by atoms with Crippen LogP contribution in [0.25, 0.3) is 0 Å². The Morgan fingerprint density at radius 3 is 2.50 bits per heavy atom. The molecule has 0 amide bonds. The van der Waals surface area contributed by atoms with Crippen molar-refractivity contribution in [2.75, 3.05) is 18.4 Å². The van der Waals surface area contributed by atoms with Gasteiger partial charge in [0.25, 0.3) is 5.69 Å². The summed E-state index contributed by atoms with van der Waals surface area (Å²) in [6.45, 7) is 1.74. The number of quaternary nitrogens is 1. The second kappa shape index (κ2) is 5.18. The Kier molecular flexibility index (Phi) is 3.87. The second-order valence-corrected chi connectivity index (χ2v) is 2.94. The fourth-order valence-corrected chi connectivity index (χ4v) is 1.06. The summed E-state index contributed by atoms with van der Waals surface area (Å²) < 4.78 is 0. The number of hydrogen-bond acceptors (Lipinski definition) is 3. The Labute approximate surface area is 82.1 Å². The monoisotopic (exact) mass is 196 g/mol. The predicted molar refractivity (Wildman–Crippen MR) is 54.0 cm³/mol. The standard InChI is InChI=1S/C9H13N3O2/c10-6-1-7-11-8-2-4-9(5-3-8)12(13)14/h2-5,11H,1,6-7,10H2/p+1. The van der Waals surface area contributed by atoms with Gasteiger partial charge < -0.3 is 11.1 Å². The fourth-order valence-electron chi connectivity index (χ4n) is 1.06. The zero-order valence-corrected chi connectivity index (χ0v) is 7.90. The third kappa shape index (κ3) is 3.02. The van der Waals surface area contributed by atoms with E-state index in [0.717, 1.165) is 25.2 Å². The Bertz CT molecular complexity index is 297. The summed E-state index contributed by atoms with van der Waals surface area (Å²) in [7, 11) is 0. The summed E-state index contributed by atoms with van der Waals surface area (Å²) in [6, 6.07) is 6.40. The Morgan fingerprint density at radius 2 is 2.00 bits per heavy atom. The van der Waals surface area contributed by atoms with Gasteiger partial charge in [-0.15, -0.1) is 0 Å². The van der Waals surface area contributed by atoms with E-state index in [1.165, 1.54) is 12.1 Å². The molecule has 5 nitrogen and oxygen atoms in total. The van der Waals surface area contributed by atoms with Crippen molar-refractivity contribution in [3.05, 3.63) is 34.4 Å². The number of rotatable bonds is 5. The van der Waals surface area contributed by atoms with Crippen LogP contribution in [0.15, 0.2) is 24.3 Å². The third-order valence-corrected chi connectivity index (χ3v) is 1.83. The van der Waals surface area contributed by atoms with E-state index in [2.05, 4.69) is 11.1 Å². The van der Waals surface area contributed by atoms with E-state index in [1.54, 1.807) is 12.1 Å². The van der Waals surface area contributed by atoms with Gasteiger partial charge in [0.2, 0.25) is 0 Å². The van der Waals surface area contributed by atoms with Crippen molar-refractivity contribution in [1.82, 2.24) is 0 Å². The van der Waals surface area contributed by atoms with Crippen molar-refractivity contribution >= 4 is 11.4 Å². The van der Waals surface area contributed by atoms with Crippen LogP contribution in [0.3, 0.4) is 0 Å². The summed E-state index contributed by atoms with van der Waals surface area (Å²) in [6.07, 6.45) is 0.997. The van der Waals surface area contributed by atoms with E-state index in [-0.39, 0.29) is 5.69 Å². The molecule has 4 N–H and O–H groups in total. The van der Waals surface area contributed by atoms with Crippen LogP contribution >= 0.6 is 0 Å². The molecule has 0 radical (unpaired) electrons. The van der Waals surface area contributed by atoms with Gasteiger partial charge in [-0.25, -0.2) is 0 Å². The first-order chi connectivity index (χ1) is 6.74. The summed E-state index contributed by atoms with van der Waals surface area (Å²) in [5, 5.41) is 13.5. The van der Waals surface area contributed by atoms with Crippen LogP contribution in [0, 0.1) is 10.1 Å². The smallest absolute Gasteiger partial charge is 0.269 e. The highest BCUT2D eigenvalue weighted by atomic mass is 16.6. The number of non-ortho nitro benzene ring substituents is 1. The molecule has 0 atom stereocenters. The van der Waals surface area contributed by atoms with E-state index in [1.807, 2.05) is 0 Å². The average molecular weight is 196 g/mol. The highest BCUT2D eigenvalue weighted by Crippen LogP contribution is 2.14. The van der Waals surface area contributed by atoms with Crippen molar-refractivity contribution in [1.29, 1.82) is 0 Å². The molecule has 0 spiro atoms. The summed E-state index contributed by atoms with van der Waals surface area (Å²) in [5.74, 6) is 0. The minimum atomic E-state index is -0.403. The summed E-state index contributed by atoms with van der Waals surface area (Å²) in [5.41, 5.74) is 4.75. The molecule has 0 saturated carbocycles. The molecule has 0 aliphatic heterocycles. The largest absolute Gasteiger partial charge is 0.385 e. The molecule has 0 unspecified atom stereocenters. The van der Waals surface area contributed by atoms with E-state index in [0.29, 0.717) is 0 Å². The van der Waals surface area contributed by atoms with E-state index in [4.69, 9.17) is 0 Å². The Morgan fingerprint density at radius 1 is 1.36 bits per heavy atom. The van der Waals surface area contributed by atoms with Crippen LogP contribution < -0.4 is 11.1 Å². The summed E-state index contributed by atoms with van der Waals surface area (Å²) in [4.78, 5) is 9.95. The highest BCUT2D eigenvalue weighted by molar-refractivity contribution is 5.48. The predicted octanol–water partition coefficient (Wildman–Crippen LogP) is 0.639. The van der Waals surface area contributed by atoms with Gasteiger partial charge in [0.15, 0.2) is 0 Å². The zero-order chi connectivity index (χ0) is 10.4. The molecule has 0 heterocycles. The van der Waals surface area contributed by atoms with Crippen molar-refractivity contribution in [3.63, 3.8) is 0 Å². The molecule has 0 aromatic heterocycles. The van der Waals surface area contributed by atoms with Crippen LogP contribution in [-0.2, 0) is 0 Å². The molecule has 0 aliphatic carbocycles. The topological polar surface area (TPSA) is 82.8 Å². The number of nitrogens with zero attached hydrogens (tertiary/aromatic N) is 1. The van der Waals surface area contributed by atoms with Crippen molar-refractivity contribution < 1.29 is 10.7 Å². The van der Waals surface area contributed by atoms with Gasteiger partial charge in [-0.05, 0) is 12.1 Å². The van der Waals surface area contributed by atoms with Crippen LogP contribution in [0.4, 0.5) is 11.4 Å². The van der Waals surface area contributed by atoms with Crippen LogP contribution in [-0.4, -0.2) is 18.0 Å². The molecule has 76 valence electrons. The molecule has 5 heteroatoms. The lowest BCUT2D eigenvalue weighted by molar-refractivity contribution is -0.384. The quantitative estimate of drug-likeness (QED) is 0.412. The molecule has 0 bridgehead atoms.